The third-order valence-corrected chi connectivity index (χ3v) is 5.94. The van der Waals surface area contributed by atoms with Gasteiger partial charge in [-0.05, 0) is 42.4 Å². The molecule has 1 aliphatic carbocycles. The Bertz CT molecular complexity index is 664. The van der Waals surface area contributed by atoms with Gasteiger partial charge in [0.1, 0.15) is 11.6 Å². The first-order valence-electron chi connectivity index (χ1n) is 10.9. The van der Waals surface area contributed by atoms with Gasteiger partial charge in [0.15, 0.2) is 0 Å². The molecule has 0 aromatic heterocycles. The molecule has 0 amide bonds. The number of halogens is 5. The van der Waals surface area contributed by atoms with E-state index in [9.17, 15) is 22.0 Å². The van der Waals surface area contributed by atoms with Gasteiger partial charge >= 0.3 is 6.18 Å². The molecule has 0 heterocycles. The molecule has 0 saturated heterocycles. The summed E-state index contributed by atoms with van der Waals surface area (Å²) in [6.45, 7) is 2.23. The van der Waals surface area contributed by atoms with E-state index in [1.54, 1.807) is 5.92 Å². The van der Waals surface area contributed by atoms with Gasteiger partial charge in [-0.2, -0.15) is 13.2 Å². The third-order valence-electron chi connectivity index (χ3n) is 5.94. The van der Waals surface area contributed by atoms with Crippen molar-refractivity contribution < 1.29 is 22.0 Å². The SMILES string of the molecule is CCCCCC1CCC(CCCCc2cc(F)c(C#CC(F)(F)F)c(F)c2)CC1. The van der Waals surface area contributed by atoms with Crippen molar-refractivity contribution >= 4 is 0 Å². The lowest BCUT2D eigenvalue weighted by atomic mass is 9.78. The van der Waals surface area contributed by atoms with E-state index in [1.165, 1.54) is 51.4 Å². The zero-order valence-electron chi connectivity index (χ0n) is 17.2. The van der Waals surface area contributed by atoms with Crippen molar-refractivity contribution in [2.24, 2.45) is 11.8 Å². The van der Waals surface area contributed by atoms with Crippen LogP contribution in [0.5, 0.6) is 0 Å². The number of aryl methyl sites for hydroxylation is 1. The molecule has 0 unspecified atom stereocenters. The van der Waals surface area contributed by atoms with Crippen molar-refractivity contribution in [2.75, 3.05) is 0 Å². The molecule has 0 radical (unpaired) electrons. The first-order valence-corrected chi connectivity index (χ1v) is 10.9. The minimum absolute atomic E-state index is 0.470. The van der Waals surface area contributed by atoms with Crippen LogP contribution >= 0.6 is 0 Å². The summed E-state index contributed by atoms with van der Waals surface area (Å²) in [5, 5.41) is 0. The summed E-state index contributed by atoms with van der Waals surface area (Å²) in [6.07, 6.45) is 9.24. The Morgan fingerprint density at radius 2 is 1.38 bits per heavy atom. The number of rotatable bonds is 9. The fourth-order valence-electron chi connectivity index (χ4n) is 4.28. The highest BCUT2D eigenvalue weighted by molar-refractivity contribution is 5.39. The molecule has 1 aromatic rings. The van der Waals surface area contributed by atoms with E-state index in [0.29, 0.717) is 12.0 Å². The Morgan fingerprint density at radius 1 is 0.862 bits per heavy atom. The molecule has 0 atom stereocenters. The summed E-state index contributed by atoms with van der Waals surface area (Å²) in [7, 11) is 0. The zero-order chi connectivity index (χ0) is 21.3. The van der Waals surface area contributed by atoms with Crippen LogP contribution in [0.2, 0.25) is 0 Å². The first-order chi connectivity index (χ1) is 13.8. The predicted molar refractivity (Wildman–Crippen MR) is 106 cm³/mol. The number of hydrogen-bond donors (Lipinski definition) is 0. The summed E-state index contributed by atoms with van der Waals surface area (Å²) >= 11 is 0. The van der Waals surface area contributed by atoms with Crippen molar-refractivity contribution in [1.82, 2.24) is 0 Å². The summed E-state index contributed by atoms with van der Waals surface area (Å²) in [5.74, 6) is 2.06. The summed E-state index contributed by atoms with van der Waals surface area (Å²) in [5.41, 5.74) is -0.348. The third kappa shape index (κ3) is 8.76. The number of unbranched alkanes of at least 4 members (excludes halogenated alkanes) is 3. The second-order valence-corrected chi connectivity index (χ2v) is 8.31. The van der Waals surface area contributed by atoms with Crippen molar-refractivity contribution in [2.45, 2.75) is 90.1 Å². The lowest BCUT2D eigenvalue weighted by Crippen LogP contribution is -2.14. The van der Waals surface area contributed by atoms with E-state index in [0.717, 1.165) is 49.2 Å². The summed E-state index contributed by atoms with van der Waals surface area (Å²) < 4.78 is 64.2. The van der Waals surface area contributed by atoms with Gasteiger partial charge < -0.3 is 0 Å². The fraction of sp³-hybridized carbons (Fsp3) is 0.667. The molecule has 5 heteroatoms. The lowest BCUT2D eigenvalue weighted by molar-refractivity contribution is -0.0696. The van der Waals surface area contributed by atoms with Gasteiger partial charge in [-0.1, -0.05) is 77.1 Å². The highest BCUT2D eigenvalue weighted by atomic mass is 19.4. The van der Waals surface area contributed by atoms with E-state index in [1.807, 2.05) is 0 Å². The van der Waals surface area contributed by atoms with Crippen LogP contribution in [0.3, 0.4) is 0 Å². The van der Waals surface area contributed by atoms with Gasteiger partial charge in [0, 0.05) is 5.92 Å². The molecule has 1 fully saturated rings. The zero-order valence-corrected chi connectivity index (χ0v) is 17.2. The largest absolute Gasteiger partial charge is 0.458 e. The molecular weight excluding hydrogens is 383 g/mol. The van der Waals surface area contributed by atoms with Crippen LogP contribution in [0.1, 0.15) is 88.7 Å². The topological polar surface area (TPSA) is 0 Å². The molecule has 162 valence electrons. The highest BCUT2D eigenvalue weighted by Gasteiger charge is 2.24. The second kappa shape index (κ2) is 11.6. The average molecular weight is 415 g/mol. The summed E-state index contributed by atoms with van der Waals surface area (Å²) in [6, 6.07) is 2.20. The van der Waals surface area contributed by atoms with Crippen molar-refractivity contribution in [3.63, 3.8) is 0 Å². The van der Waals surface area contributed by atoms with E-state index in [2.05, 4.69) is 6.92 Å². The average Bonchev–Trinajstić information content (AvgIpc) is 2.65. The van der Waals surface area contributed by atoms with Gasteiger partial charge in [-0.25, -0.2) is 8.78 Å². The fourth-order valence-corrected chi connectivity index (χ4v) is 4.28. The Kier molecular flexibility index (Phi) is 9.46. The maximum Gasteiger partial charge on any atom is 0.458 e. The number of hydrogen-bond acceptors (Lipinski definition) is 0. The normalized spacial score (nSPS) is 19.7. The maximum atomic E-state index is 13.9. The Balaban J connectivity index is 1.72. The minimum atomic E-state index is -4.77. The number of benzene rings is 1. The molecule has 0 aliphatic heterocycles. The smallest absolute Gasteiger partial charge is 0.206 e. The van der Waals surface area contributed by atoms with E-state index in [4.69, 9.17) is 0 Å². The summed E-state index contributed by atoms with van der Waals surface area (Å²) in [4.78, 5) is 0. The van der Waals surface area contributed by atoms with E-state index < -0.39 is 23.4 Å². The highest BCUT2D eigenvalue weighted by Crippen LogP contribution is 2.34. The Hall–Kier alpha value is -1.57. The van der Waals surface area contributed by atoms with Crippen LogP contribution in [0.4, 0.5) is 22.0 Å². The van der Waals surface area contributed by atoms with Crippen LogP contribution in [-0.4, -0.2) is 6.18 Å². The van der Waals surface area contributed by atoms with Crippen LogP contribution < -0.4 is 0 Å². The van der Waals surface area contributed by atoms with Crippen molar-refractivity contribution in [1.29, 1.82) is 0 Å². The Labute approximate surface area is 171 Å². The van der Waals surface area contributed by atoms with E-state index >= 15 is 0 Å². The van der Waals surface area contributed by atoms with Crippen molar-refractivity contribution in [3.05, 3.63) is 34.9 Å². The molecular formula is C24H31F5. The monoisotopic (exact) mass is 414 g/mol. The molecule has 1 aromatic carbocycles. The standard InChI is InChI=1S/C24H31F5/c1-2-3-4-7-18-10-12-19(13-11-18)8-5-6-9-20-16-22(25)21(23(26)17-20)14-15-24(27,28)29/h16-19H,2-13H2,1H3. The lowest BCUT2D eigenvalue weighted by Gasteiger charge is -2.28. The van der Waals surface area contributed by atoms with Gasteiger partial charge in [0.25, 0.3) is 0 Å². The molecule has 0 bridgehead atoms. The predicted octanol–water partition coefficient (Wildman–Crippen LogP) is 7.98. The first kappa shape index (κ1) is 23.7. The Morgan fingerprint density at radius 3 is 1.86 bits per heavy atom. The van der Waals surface area contributed by atoms with E-state index in [-0.39, 0.29) is 0 Å². The van der Waals surface area contributed by atoms with Gasteiger partial charge in [-0.3, -0.25) is 0 Å². The number of alkyl halides is 3. The van der Waals surface area contributed by atoms with Gasteiger partial charge in [-0.15, -0.1) is 0 Å². The van der Waals surface area contributed by atoms with Crippen molar-refractivity contribution in [3.8, 4) is 11.8 Å². The van der Waals surface area contributed by atoms with Crippen LogP contribution in [0.15, 0.2) is 12.1 Å². The van der Waals surface area contributed by atoms with Crippen LogP contribution in [0.25, 0.3) is 0 Å². The molecule has 0 nitrogen and oxygen atoms in total. The van der Waals surface area contributed by atoms with Gasteiger partial charge in [0.05, 0.1) is 5.56 Å². The van der Waals surface area contributed by atoms with Crippen LogP contribution in [-0.2, 0) is 6.42 Å². The molecule has 0 spiro atoms. The molecule has 2 rings (SSSR count). The van der Waals surface area contributed by atoms with Crippen LogP contribution in [0, 0.1) is 35.3 Å². The molecule has 0 N–H and O–H groups in total. The minimum Gasteiger partial charge on any atom is -0.206 e. The maximum absolute atomic E-state index is 13.9. The van der Waals surface area contributed by atoms with Gasteiger partial charge in [0.2, 0.25) is 0 Å². The molecule has 1 aliphatic rings. The quantitative estimate of drug-likeness (QED) is 0.218. The molecule has 29 heavy (non-hydrogen) atoms. The molecule has 1 saturated carbocycles. The second-order valence-electron chi connectivity index (χ2n) is 8.31.